The molecule has 0 bridgehead atoms. The van der Waals surface area contributed by atoms with Crippen LogP contribution in [0.1, 0.15) is 28.8 Å². The van der Waals surface area contributed by atoms with Gasteiger partial charge < -0.3 is 9.88 Å². The Morgan fingerprint density at radius 2 is 1.87 bits per heavy atom. The minimum Gasteiger partial charge on any atom is -0.340 e. The molecule has 0 atom stereocenters. The number of hydrogen-bond acceptors (Lipinski definition) is 3. The van der Waals surface area contributed by atoms with Crippen molar-refractivity contribution in [3.05, 3.63) is 76.5 Å². The number of ketones is 1. The summed E-state index contributed by atoms with van der Waals surface area (Å²) in [5.74, 6) is -0.904. The quantitative estimate of drug-likeness (QED) is 0.360. The third-order valence-electron chi connectivity index (χ3n) is 5.28. The summed E-state index contributed by atoms with van der Waals surface area (Å²) in [5, 5.41) is 3.30. The van der Waals surface area contributed by atoms with E-state index in [0.29, 0.717) is 11.1 Å². The summed E-state index contributed by atoms with van der Waals surface area (Å²) in [6, 6.07) is 12.6. The maximum absolute atomic E-state index is 13.1. The van der Waals surface area contributed by atoms with Gasteiger partial charge in [0, 0.05) is 28.7 Å². The number of amides is 1. The van der Waals surface area contributed by atoms with Gasteiger partial charge in [0.25, 0.3) is 5.91 Å². The van der Waals surface area contributed by atoms with Crippen LogP contribution in [0.2, 0.25) is 0 Å². The molecule has 31 heavy (non-hydrogen) atoms. The lowest BCUT2D eigenvalue weighted by Crippen LogP contribution is -2.39. The maximum Gasteiger partial charge on any atom is 0.416 e. The second-order valence-electron chi connectivity index (χ2n) is 7.34. The van der Waals surface area contributed by atoms with Gasteiger partial charge in [-0.3, -0.25) is 9.59 Å². The van der Waals surface area contributed by atoms with Crippen molar-refractivity contribution in [2.24, 2.45) is 0 Å². The van der Waals surface area contributed by atoms with Crippen molar-refractivity contribution in [3.8, 4) is 0 Å². The lowest BCUT2D eigenvalue weighted by Gasteiger charge is -2.15. The summed E-state index contributed by atoms with van der Waals surface area (Å²) < 4.78 is 41.2. The minimum absolute atomic E-state index is 0.0127. The number of alkyl halides is 3. The predicted molar refractivity (Wildman–Crippen MR) is 116 cm³/mol. The molecule has 3 aromatic rings. The zero-order chi connectivity index (χ0) is 22.3. The van der Waals surface area contributed by atoms with E-state index in [4.69, 9.17) is 12.2 Å². The normalized spacial score (nSPS) is 16.3. The zero-order valence-corrected chi connectivity index (χ0v) is 17.2. The fourth-order valence-corrected chi connectivity index (χ4v) is 3.99. The number of carbonyl (C=O) groups is 2. The van der Waals surface area contributed by atoms with Gasteiger partial charge in [-0.1, -0.05) is 42.5 Å². The first-order valence-corrected chi connectivity index (χ1v) is 9.89. The van der Waals surface area contributed by atoms with Gasteiger partial charge in [-0.05, 0) is 36.8 Å². The molecule has 0 unspecified atom stereocenters. The first kappa shape index (κ1) is 21.0. The fourth-order valence-electron chi connectivity index (χ4n) is 3.77. The SMILES string of the molecule is Cc1c(/C=C2/C(=O)CC(=S)NC2=O)c2ccccc2n1Cc1cccc(C(F)(F)F)c1. The monoisotopic (exact) mass is 442 g/mol. The number of piperidine rings is 1. The highest BCUT2D eigenvalue weighted by Gasteiger charge is 2.30. The molecule has 158 valence electrons. The minimum atomic E-state index is -4.42. The molecule has 2 aromatic carbocycles. The third-order valence-corrected chi connectivity index (χ3v) is 5.53. The Hall–Kier alpha value is -3.26. The van der Waals surface area contributed by atoms with E-state index in [0.717, 1.165) is 28.7 Å². The summed E-state index contributed by atoms with van der Waals surface area (Å²) in [5.41, 5.74) is 2.01. The summed E-state index contributed by atoms with van der Waals surface area (Å²) in [7, 11) is 0. The summed E-state index contributed by atoms with van der Waals surface area (Å²) >= 11 is 4.93. The van der Waals surface area contributed by atoms with E-state index >= 15 is 0 Å². The number of benzene rings is 2. The van der Waals surface area contributed by atoms with E-state index in [2.05, 4.69) is 5.32 Å². The molecule has 4 rings (SSSR count). The van der Waals surface area contributed by atoms with Crippen LogP contribution in [-0.4, -0.2) is 21.2 Å². The first-order valence-electron chi connectivity index (χ1n) is 9.48. The molecular weight excluding hydrogens is 425 g/mol. The van der Waals surface area contributed by atoms with Gasteiger partial charge in [0.05, 0.1) is 22.5 Å². The number of nitrogens with zero attached hydrogens (tertiary/aromatic N) is 1. The Morgan fingerprint density at radius 1 is 1.13 bits per heavy atom. The molecule has 2 heterocycles. The van der Waals surface area contributed by atoms with Gasteiger partial charge >= 0.3 is 6.18 Å². The Kier molecular flexibility index (Phi) is 5.26. The van der Waals surface area contributed by atoms with E-state index in [1.54, 1.807) is 12.1 Å². The van der Waals surface area contributed by atoms with Gasteiger partial charge in [0.2, 0.25) is 0 Å². The van der Waals surface area contributed by atoms with Crippen molar-refractivity contribution in [1.82, 2.24) is 9.88 Å². The smallest absolute Gasteiger partial charge is 0.340 e. The van der Waals surface area contributed by atoms with Crippen LogP contribution in [0.15, 0.2) is 54.1 Å². The number of hydrogen-bond donors (Lipinski definition) is 1. The summed E-state index contributed by atoms with van der Waals surface area (Å²) in [4.78, 5) is 24.9. The van der Waals surface area contributed by atoms with Crippen LogP contribution < -0.4 is 5.32 Å². The summed E-state index contributed by atoms with van der Waals surface area (Å²) in [6.45, 7) is 2.03. The van der Waals surface area contributed by atoms with E-state index < -0.39 is 17.6 Å². The standard InChI is InChI=1S/C23H17F3N2O2S/c1-13-17(10-18-20(29)11-21(31)27-22(18)30)16-7-2-3-8-19(16)28(13)12-14-5-4-6-15(9-14)23(24,25)26/h2-10H,11-12H2,1H3,(H,27,30,31)/b18-10-. The molecule has 4 nitrogen and oxygen atoms in total. The van der Waals surface area contributed by atoms with Crippen molar-refractivity contribution in [2.75, 3.05) is 0 Å². The Bertz CT molecular complexity index is 1250. The van der Waals surface area contributed by atoms with Crippen LogP contribution in [0.5, 0.6) is 0 Å². The lowest BCUT2D eigenvalue weighted by atomic mass is 9.99. The molecule has 1 saturated heterocycles. The van der Waals surface area contributed by atoms with E-state index in [1.165, 1.54) is 6.07 Å². The molecule has 1 amide bonds. The number of carbonyl (C=O) groups excluding carboxylic acids is 2. The molecule has 1 aromatic heterocycles. The van der Waals surface area contributed by atoms with Crippen LogP contribution in [0.4, 0.5) is 13.2 Å². The molecule has 0 aliphatic carbocycles. The topological polar surface area (TPSA) is 51.1 Å². The van der Waals surface area contributed by atoms with Crippen molar-refractivity contribution in [1.29, 1.82) is 0 Å². The molecule has 1 N–H and O–H groups in total. The van der Waals surface area contributed by atoms with Crippen LogP contribution in [0.3, 0.4) is 0 Å². The number of fused-ring (bicyclic) bond motifs is 1. The van der Waals surface area contributed by atoms with Crippen LogP contribution in [0.25, 0.3) is 17.0 Å². The van der Waals surface area contributed by atoms with Crippen LogP contribution in [-0.2, 0) is 22.3 Å². The molecule has 0 radical (unpaired) electrons. The van der Waals surface area contributed by atoms with Gasteiger partial charge in [-0.15, -0.1) is 0 Å². The number of nitrogens with one attached hydrogen (secondary N) is 1. The van der Waals surface area contributed by atoms with E-state index in [1.807, 2.05) is 35.8 Å². The average molecular weight is 442 g/mol. The number of rotatable bonds is 3. The molecule has 1 aliphatic rings. The zero-order valence-electron chi connectivity index (χ0n) is 16.4. The number of aromatic nitrogens is 1. The van der Waals surface area contributed by atoms with Crippen molar-refractivity contribution in [2.45, 2.75) is 26.1 Å². The van der Waals surface area contributed by atoms with E-state index in [-0.39, 0.29) is 29.3 Å². The second-order valence-corrected chi connectivity index (χ2v) is 7.83. The van der Waals surface area contributed by atoms with Crippen LogP contribution >= 0.6 is 12.2 Å². The van der Waals surface area contributed by atoms with E-state index in [9.17, 15) is 22.8 Å². The predicted octanol–water partition coefficient (Wildman–Crippen LogP) is 4.82. The fraction of sp³-hybridized carbons (Fsp3) is 0.174. The Labute approximate surface area is 181 Å². The summed E-state index contributed by atoms with van der Waals surface area (Å²) in [6.07, 6.45) is -2.91. The highest BCUT2D eigenvalue weighted by molar-refractivity contribution is 7.80. The molecule has 1 aliphatic heterocycles. The number of halogens is 3. The van der Waals surface area contributed by atoms with Gasteiger partial charge in [0.1, 0.15) is 0 Å². The van der Waals surface area contributed by atoms with Crippen LogP contribution in [0, 0.1) is 6.92 Å². The van der Waals surface area contributed by atoms with Gasteiger partial charge in [-0.25, -0.2) is 0 Å². The highest BCUT2D eigenvalue weighted by atomic mass is 32.1. The number of para-hydroxylation sites is 1. The molecule has 1 fully saturated rings. The van der Waals surface area contributed by atoms with Crippen molar-refractivity contribution >= 4 is 45.9 Å². The van der Waals surface area contributed by atoms with Crippen molar-refractivity contribution < 1.29 is 22.8 Å². The second kappa shape index (κ2) is 7.77. The van der Waals surface area contributed by atoms with Gasteiger partial charge in [0.15, 0.2) is 5.78 Å². The Balaban J connectivity index is 1.82. The Morgan fingerprint density at radius 3 is 2.58 bits per heavy atom. The molecule has 0 saturated carbocycles. The third kappa shape index (κ3) is 4.03. The molecule has 8 heteroatoms. The first-order chi connectivity index (χ1) is 14.6. The number of Topliss-reactive ketones (excluding diaryl/α,β-unsaturated/α-hetero) is 1. The average Bonchev–Trinajstić information content (AvgIpc) is 2.96. The largest absolute Gasteiger partial charge is 0.416 e. The molecular formula is C23H17F3N2O2S. The highest BCUT2D eigenvalue weighted by Crippen LogP contribution is 2.32. The maximum atomic E-state index is 13.1. The number of thiocarbonyl (C=S) groups is 1. The lowest BCUT2D eigenvalue weighted by molar-refractivity contribution is -0.137. The van der Waals surface area contributed by atoms with Gasteiger partial charge in [-0.2, -0.15) is 13.2 Å². The van der Waals surface area contributed by atoms with Crippen molar-refractivity contribution in [3.63, 3.8) is 0 Å². The molecule has 0 spiro atoms.